The van der Waals surface area contributed by atoms with Gasteiger partial charge in [0.25, 0.3) is 0 Å². The van der Waals surface area contributed by atoms with Crippen LogP contribution in [-0.2, 0) is 4.79 Å². The number of hydrogen-bond donors (Lipinski definition) is 2. The first-order valence-corrected chi connectivity index (χ1v) is 5.32. The SMILES string of the molecule is O=C(O)[C@H]1CS[C@@H](c2ccncc2)N1. The van der Waals surface area contributed by atoms with Crippen LogP contribution in [0.3, 0.4) is 0 Å². The highest BCUT2D eigenvalue weighted by atomic mass is 32.2. The smallest absolute Gasteiger partial charge is 0.321 e. The van der Waals surface area contributed by atoms with E-state index in [1.165, 1.54) is 0 Å². The van der Waals surface area contributed by atoms with Crippen molar-refractivity contribution in [3.63, 3.8) is 0 Å². The van der Waals surface area contributed by atoms with Crippen LogP contribution in [0.1, 0.15) is 10.9 Å². The fraction of sp³-hybridized carbons (Fsp3) is 0.333. The lowest BCUT2D eigenvalue weighted by Crippen LogP contribution is -2.33. The van der Waals surface area contributed by atoms with E-state index in [0.29, 0.717) is 5.75 Å². The van der Waals surface area contributed by atoms with Gasteiger partial charge in [0.15, 0.2) is 0 Å². The third kappa shape index (κ3) is 1.88. The average Bonchev–Trinajstić information content (AvgIpc) is 2.68. The third-order valence-corrected chi connectivity index (χ3v) is 3.36. The molecule has 2 atom stereocenters. The summed E-state index contributed by atoms with van der Waals surface area (Å²) < 4.78 is 0. The summed E-state index contributed by atoms with van der Waals surface area (Å²) in [4.78, 5) is 14.6. The average molecular weight is 210 g/mol. The molecule has 0 saturated carbocycles. The topological polar surface area (TPSA) is 62.2 Å². The summed E-state index contributed by atoms with van der Waals surface area (Å²) in [6.07, 6.45) is 3.43. The second kappa shape index (κ2) is 3.98. The van der Waals surface area contributed by atoms with Gasteiger partial charge in [0, 0.05) is 18.1 Å². The van der Waals surface area contributed by atoms with Crippen molar-refractivity contribution in [2.45, 2.75) is 11.4 Å². The van der Waals surface area contributed by atoms with Gasteiger partial charge < -0.3 is 5.11 Å². The predicted molar refractivity (Wildman–Crippen MR) is 54.0 cm³/mol. The van der Waals surface area contributed by atoms with Crippen LogP contribution in [0.5, 0.6) is 0 Å². The van der Waals surface area contributed by atoms with Crippen molar-refractivity contribution in [1.29, 1.82) is 0 Å². The Morgan fingerprint density at radius 2 is 2.29 bits per heavy atom. The zero-order valence-corrected chi connectivity index (χ0v) is 8.20. The molecule has 1 aliphatic heterocycles. The molecule has 0 spiro atoms. The minimum absolute atomic E-state index is 0.0825. The maximum Gasteiger partial charge on any atom is 0.321 e. The number of nitrogens with one attached hydrogen (secondary N) is 1. The van der Waals surface area contributed by atoms with E-state index in [1.807, 2.05) is 12.1 Å². The lowest BCUT2D eigenvalue weighted by Gasteiger charge is -2.10. The highest BCUT2D eigenvalue weighted by Crippen LogP contribution is 2.32. The number of nitrogens with zero attached hydrogens (tertiary/aromatic N) is 1. The molecule has 14 heavy (non-hydrogen) atoms. The molecule has 1 aromatic heterocycles. The summed E-state index contributed by atoms with van der Waals surface area (Å²) in [6.45, 7) is 0. The molecular formula is C9H10N2O2S. The Morgan fingerprint density at radius 3 is 2.86 bits per heavy atom. The second-order valence-electron chi connectivity index (χ2n) is 3.05. The highest BCUT2D eigenvalue weighted by Gasteiger charge is 2.29. The number of thioether (sulfide) groups is 1. The van der Waals surface area contributed by atoms with Crippen LogP contribution in [0.25, 0.3) is 0 Å². The van der Waals surface area contributed by atoms with Gasteiger partial charge in [-0.15, -0.1) is 11.8 Å². The van der Waals surface area contributed by atoms with E-state index in [2.05, 4.69) is 10.3 Å². The monoisotopic (exact) mass is 210 g/mol. The van der Waals surface area contributed by atoms with Crippen LogP contribution in [0.2, 0.25) is 0 Å². The number of aromatic nitrogens is 1. The molecule has 0 aliphatic carbocycles. The summed E-state index contributed by atoms with van der Waals surface area (Å²) in [6, 6.07) is 3.36. The lowest BCUT2D eigenvalue weighted by molar-refractivity contribution is -0.138. The minimum Gasteiger partial charge on any atom is -0.480 e. The van der Waals surface area contributed by atoms with Gasteiger partial charge in [-0.25, -0.2) is 0 Å². The number of hydrogen-bond acceptors (Lipinski definition) is 4. The molecule has 1 aliphatic rings. The standard InChI is InChI=1S/C9H10N2O2S/c12-9(13)7-5-14-8(11-7)6-1-3-10-4-2-6/h1-4,7-8,11H,5H2,(H,12,13)/t7-,8+/m1/s1. The van der Waals surface area contributed by atoms with E-state index in [-0.39, 0.29) is 5.37 Å². The van der Waals surface area contributed by atoms with E-state index < -0.39 is 12.0 Å². The normalized spacial score (nSPS) is 26.3. The molecule has 0 unspecified atom stereocenters. The number of rotatable bonds is 2. The molecule has 74 valence electrons. The molecule has 1 aromatic rings. The minimum atomic E-state index is -0.783. The van der Waals surface area contributed by atoms with E-state index in [4.69, 9.17) is 5.11 Å². The first-order chi connectivity index (χ1) is 6.77. The van der Waals surface area contributed by atoms with Crippen molar-refractivity contribution in [3.8, 4) is 0 Å². The van der Waals surface area contributed by atoms with Gasteiger partial charge in [0.05, 0.1) is 5.37 Å². The fourth-order valence-electron chi connectivity index (χ4n) is 1.34. The van der Waals surface area contributed by atoms with Gasteiger partial charge in [-0.3, -0.25) is 15.1 Å². The van der Waals surface area contributed by atoms with Gasteiger partial charge in [-0.05, 0) is 17.7 Å². The Kier molecular flexibility index (Phi) is 2.69. The first-order valence-electron chi connectivity index (χ1n) is 4.28. The van der Waals surface area contributed by atoms with Crippen LogP contribution in [0.15, 0.2) is 24.5 Å². The van der Waals surface area contributed by atoms with E-state index in [9.17, 15) is 4.79 Å². The zero-order valence-electron chi connectivity index (χ0n) is 7.38. The summed E-state index contributed by atoms with van der Waals surface area (Å²) in [5.41, 5.74) is 1.08. The van der Waals surface area contributed by atoms with Gasteiger partial charge in [-0.1, -0.05) is 0 Å². The number of carbonyl (C=O) groups is 1. The number of pyridine rings is 1. The van der Waals surface area contributed by atoms with E-state index in [0.717, 1.165) is 5.56 Å². The largest absolute Gasteiger partial charge is 0.480 e. The summed E-state index contributed by atoms with van der Waals surface area (Å²) >= 11 is 1.61. The van der Waals surface area contributed by atoms with Crippen molar-refractivity contribution in [3.05, 3.63) is 30.1 Å². The molecule has 2 heterocycles. The Morgan fingerprint density at radius 1 is 1.57 bits per heavy atom. The quantitative estimate of drug-likeness (QED) is 0.758. The van der Waals surface area contributed by atoms with Crippen LogP contribution >= 0.6 is 11.8 Å². The van der Waals surface area contributed by atoms with Gasteiger partial charge in [0.1, 0.15) is 6.04 Å². The number of aliphatic carboxylic acids is 1. The molecule has 5 heteroatoms. The van der Waals surface area contributed by atoms with Crippen molar-refractivity contribution in [2.24, 2.45) is 0 Å². The molecule has 0 bridgehead atoms. The summed E-state index contributed by atoms with van der Waals surface area (Å²) in [5.74, 6) is -0.170. The number of carboxylic acid groups (broad SMARTS) is 1. The molecule has 1 saturated heterocycles. The maximum absolute atomic E-state index is 10.7. The molecule has 0 radical (unpaired) electrons. The van der Waals surface area contributed by atoms with Crippen LogP contribution in [-0.4, -0.2) is 27.9 Å². The molecule has 1 fully saturated rings. The Hall–Kier alpha value is -1.07. The Labute approximate surface area is 85.7 Å². The van der Waals surface area contributed by atoms with E-state index in [1.54, 1.807) is 24.2 Å². The summed E-state index contributed by atoms with van der Waals surface area (Å²) in [7, 11) is 0. The molecule has 0 aromatic carbocycles. The molecule has 2 rings (SSSR count). The molecule has 4 nitrogen and oxygen atoms in total. The predicted octanol–water partition coefficient (Wildman–Crippen LogP) is 0.870. The van der Waals surface area contributed by atoms with E-state index >= 15 is 0 Å². The van der Waals surface area contributed by atoms with Gasteiger partial charge >= 0.3 is 5.97 Å². The van der Waals surface area contributed by atoms with Crippen molar-refractivity contribution in [1.82, 2.24) is 10.3 Å². The third-order valence-electron chi connectivity index (χ3n) is 2.09. The van der Waals surface area contributed by atoms with Gasteiger partial charge in [-0.2, -0.15) is 0 Å². The first kappa shape index (κ1) is 9.48. The fourth-order valence-corrected chi connectivity index (χ4v) is 2.58. The molecular weight excluding hydrogens is 200 g/mol. The Bertz CT molecular complexity index is 331. The second-order valence-corrected chi connectivity index (χ2v) is 4.19. The zero-order chi connectivity index (χ0) is 9.97. The number of carboxylic acids is 1. The van der Waals surface area contributed by atoms with Crippen molar-refractivity contribution < 1.29 is 9.90 Å². The molecule has 2 N–H and O–H groups in total. The van der Waals surface area contributed by atoms with Crippen LogP contribution in [0.4, 0.5) is 0 Å². The summed E-state index contributed by atoms with van der Waals surface area (Å²) in [5, 5.41) is 11.9. The highest BCUT2D eigenvalue weighted by molar-refractivity contribution is 7.99. The van der Waals surface area contributed by atoms with Crippen LogP contribution < -0.4 is 5.32 Å². The molecule has 0 amide bonds. The maximum atomic E-state index is 10.7. The van der Waals surface area contributed by atoms with Crippen molar-refractivity contribution >= 4 is 17.7 Å². The van der Waals surface area contributed by atoms with Gasteiger partial charge in [0.2, 0.25) is 0 Å². The Balaban J connectivity index is 2.06. The van der Waals surface area contributed by atoms with Crippen molar-refractivity contribution in [2.75, 3.05) is 5.75 Å². The lowest BCUT2D eigenvalue weighted by atomic mass is 10.2. The van der Waals surface area contributed by atoms with Crippen LogP contribution in [0, 0.1) is 0 Å².